The zero-order valence-corrected chi connectivity index (χ0v) is 18.3. The highest BCUT2D eigenvalue weighted by molar-refractivity contribution is 6.03. The lowest BCUT2D eigenvalue weighted by molar-refractivity contribution is -0.122. The fourth-order valence-corrected chi connectivity index (χ4v) is 4.20. The molecule has 5 nitrogen and oxygen atoms in total. The third-order valence-electron chi connectivity index (χ3n) is 5.98. The van der Waals surface area contributed by atoms with Crippen LogP contribution in [0.1, 0.15) is 12.0 Å². The van der Waals surface area contributed by atoms with Gasteiger partial charge in [0.1, 0.15) is 11.5 Å². The molecule has 33 heavy (non-hydrogen) atoms. The first kappa shape index (κ1) is 20.8. The van der Waals surface area contributed by atoms with Crippen molar-refractivity contribution in [2.45, 2.75) is 13.3 Å². The van der Waals surface area contributed by atoms with Crippen LogP contribution in [0.5, 0.6) is 11.5 Å². The second-order valence-corrected chi connectivity index (χ2v) is 8.32. The monoisotopic (exact) mass is 436 g/mol. The summed E-state index contributed by atoms with van der Waals surface area (Å²) in [4.78, 5) is 27.0. The molecule has 4 aromatic rings. The first-order valence-electron chi connectivity index (χ1n) is 11.0. The molecule has 4 aromatic carbocycles. The number of fused-ring (bicyclic) bond motifs is 1. The van der Waals surface area contributed by atoms with E-state index in [4.69, 9.17) is 4.74 Å². The van der Waals surface area contributed by atoms with Crippen molar-refractivity contribution in [1.29, 1.82) is 0 Å². The minimum absolute atomic E-state index is 0.0245. The number of aryl methyl sites for hydroxylation is 1. The molecule has 2 amide bonds. The van der Waals surface area contributed by atoms with E-state index in [1.54, 1.807) is 4.90 Å². The van der Waals surface area contributed by atoms with E-state index in [1.165, 1.54) is 0 Å². The number of carbonyl (C=O) groups is 2. The lowest BCUT2D eigenvalue weighted by Gasteiger charge is -2.19. The summed E-state index contributed by atoms with van der Waals surface area (Å²) in [6.45, 7) is 2.36. The Balaban J connectivity index is 1.22. The SMILES string of the molecule is Cc1ccccc1N1C[C@H](C(=O)Nc2ccc(Oc3ccc4ccccc4c3)cc2)CC1=O. The Kier molecular flexibility index (Phi) is 5.53. The number of anilines is 2. The number of ether oxygens (including phenoxy) is 1. The Morgan fingerprint density at radius 3 is 2.36 bits per heavy atom. The van der Waals surface area contributed by atoms with E-state index in [9.17, 15) is 9.59 Å². The molecule has 0 spiro atoms. The number of nitrogens with zero attached hydrogens (tertiary/aromatic N) is 1. The molecule has 1 aliphatic rings. The Morgan fingerprint density at radius 1 is 0.879 bits per heavy atom. The standard InChI is InChI=1S/C28H24N2O3/c1-19-6-2-5-9-26(19)30-18-22(17-27(30)31)28(32)29-23-11-14-24(15-12-23)33-25-13-10-20-7-3-4-8-21(20)16-25/h2-16,22H,17-18H2,1H3,(H,29,32)/t22-/m1/s1. The van der Waals surface area contributed by atoms with Gasteiger partial charge in [0.15, 0.2) is 0 Å². The smallest absolute Gasteiger partial charge is 0.229 e. The van der Waals surface area contributed by atoms with Crippen molar-refractivity contribution in [1.82, 2.24) is 0 Å². The number of nitrogens with one attached hydrogen (secondary N) is 1. The lowest BCUT2D eigenvalue weighted by atomic mass is 10.1. The zero-order chi connectivity index (χ0) is 22.8. The molecule has 0 aliphatic carbocycles. The number of carbonyl (C=O) groups excluding carboxylic acids is 2. The summed E-state index contributed by atoms with van der Waals surface area (Å²) in [6, 6.07) is 29.1. The molecule has 1 atom stereocenters. The fraction of sp³-hybridized carbons (Fsp3) is 0.143. The molecule has 1 aliphatic heterocycles. The summed E-state index contributed by atoms with van der Waals surface area (Å²) in [5.74, 6) is 0.883. The third-order valence-corrected chi connectivity index (χ3v) is 5.98. The first-order valence-corrected chi connectivity index (χ1v) is 11.0. The minimum Gasteiger partial charge on any atom is -0.457 e. The third kappa shape index (κ3) is 4.44. The van der Waals surface area contributed by atoms with Crippen LogP contribution in [0.2, 0.25) is 0 Å². The Morgan fingerprint density at radius 2 is 1.58 bits per heavy atom. The number of para-hydroxylation sites is 1. The molecular weight excluding hydrogens is 412 g/mol. The lowest BCUT2D eigenvalue weighted by Crippen LogP contribution is -2.28. The normalized spacial score (nSPS) is 15.6. The summed E-state index contributed by atoms with van der Waals surface area (Å²) < 4.78 is 5.97. The fourth-order valence-electron chi connectivity index (χ4n) is 4.20. The van der Waals surface area contributed by atoms with Gasteiger partial charge in [0.25, 0.3) is 0 Å². The summed E-state index contributed by atoms with van der Waals surface area (Å²) >= 11 is 0. The molecule has 1 N–H and O–H groups in total. The molecule has 164 valence electrons. The summed E-state index contributed by atoms with van der Waals surface area (Å²) in [5.41, 5.74) is 2.56. The summed E-state index contributed by atoms with van der Waals surface area (Å²) in [6.07, 6.45) is 0.212. The van der Waals surface area contributed by atoms with Gasteiger partial charge in [-0.15, -0.1) is 0 Å². The minimum atomic E-state index is -0.384. The van der Waals surface area contributed by atoms with Gasteiger partial charge >= 0.3 is 0 Å². The molecule has 0 bridgehead atoms. The summed E-state index contributed by atoms with van der Waals surface area (Å²) in [5, 5.41) is 5.21. The molecular formula is C28H24N2O3. The van der Waals surface area contributed by atoms with Gasteiger partial charge < -0.3 is 15.0 Å². The molecule has 1 heterocycles. The van der Waals surface area contributed by atoms with E-state index in [1.807, 2.05) is 85.8 Å². The van der Waals surface area contributed by atoms with Gasteiger partial charge in [0.2, 0.25) is 11.8 Å². The van der Waals surface area contributed by atoms with Crippen LogP contribution < -0.4 is 15.0 Å². The number of benzene rings is 4. The van der Waals surface area contributed by atoms with Crippen molar-refractivity contribution in [2.24, 2.45) is 5.92 Å². The van der Waals surface area contributed by atoms with Gasteiger partial charge in [0, 0.05) is 24.3 Å². The molecule has 0 radical (unpaired) electrons. The van der Waals surface area contributed by atoms with Crippen LogP contribution in [0.4, 0.5) is 11.4 Å². The highest BCUT2D eigenvalue weighted by Gasteiger charge is 2.35. The van der Waals surface area contributed by atoms with Crippen LogP contribution in [0.15, 0.2) is 91.0 Å². The van der Waals surface area contributed by atoms with Crippen LogP contribution in [-0.4, -0.2) is 18.4 Å². The van der Waals surface area contributed by atoms with Gasteiger partial charge in [-0.1, -0.05) is 48.5 Å². The second kappa shape index (κ2) is 8.79. The Hall–Kier alpha value is -4.12. The predicted octanol–water partition coefficient (Wildman–Crippen LogP) is 5.93. The molecule has 0 unspecified atom stereocenters. The van der Waals surface area contributed by atoms with E-state index in [0.29, 0.717) is 18.0 Å². The molecule has 5 heteroatoms. The van der Waals surface area contributed by atoms with Gasteiger partial charge in [-0.05, 0) is 65.7 Å². The van der Waals surface area contributed by atoms with Crippen molar-refractivity contribution < 1.29 is 14.3 Å². The topological polar surface area (TPSA) is 58.6 Å². The number of hydrogen-bond acceptors (Lipinski definition) is 3. The van der Waals surface area contributed by atoms with Gasteiger partial charge in [-0.2, -0.15) is 0 Å². The highest BCUT2D eigenvalue weighted by Crippen LogP contribution is 2.29. The molecule has 0 saturated carbocycles. The largest absolute Gasteiger partial charge is 0.457 e. The maximum Gasteiger partial charge on any atom is 0.229 e. The molecule has 1 fully saturated rings. The van der Waals surface area contributed by atoms with Gasteiger partial charge in [-0.3, -0.25) is 9.59 Å². The van der Waals surface area contributed by atoms with Crippen molar-refractivity contribution in [2.75, 3.05) is 16.8 Å². The van der Waals surface area contributed by atoms with Crippen molar-refractivity contribution in [3.8, 4) is 11.5 Å². The van der Waals surface area contributed by atoms with Crippen molar-refractivity contribution in [3.63, 3.8) is 0 Å². The van der Waals surface area contributed by atoms with Crippen molar-refractivity contribution >= 4 is 34.0 Å². The van der Waals surface area contributed by atoms with Crippen LogP contribution >= 0.6 is 0 Å². The van der Waals surface area contributed by atoms with E-state index in [2.05, 4.69) is 17.4 Å². The van der Waals surface area contributed by atoms with Crippen molar-refractivity contribution in [3.05, 3.63) is 96.6 Å². The average molecular weight is 437 g/mol. The van der Waals surface area contributed by atoms with Crippen LogP contribution in [0, 0.1) is 12.8 Å². The molecule has 0 aromatic heterocycles. The number of amides is 2. The Labute approximate surface area is 192 Å². The molecule has 1 saturated heterocycles. The number of hydrogen-bond donors (Lipinski definition) is 1. The van der Waals surface area contributed by atoms with Gasteiger partial charge in [-0.25, -0.2) is 0 Å². The Bertz CT molecular complexity index is 1330. The maximum atomic E-state index is 12.8. The van der Waals surface area contributed by atoms with E-state index in [-0.39, 0.29) is 24.2 Å². The van der Waals surface area contributed by atoms with E-state index < -0.39 is 0 Å². The average Bonchev–Trinajstić information content (AvgIpc) is 3.22. The molecule has 5 rings (SSSR count). The highest BCUT2D eigenvalue weighted by atomic mass is 16.5. The van der Waals surface area contributed by atoms with Crippen LogP contribution in [-0.2, 0) is 9.59 Å². The van der Waals surface area contributed by atoms with E-state index in [0.717, 1.165) is 27.8 Å². The second-order valence-electron chi connectivity index (χ2n) is 8.32. The predicted molar refractivity (Wildman–Crippen MR) is 131 cm³/mol. The summed E-state index contributed by atoms with van der Waals surface area (Å²) in [7, 11) is 0. The zero-order valence-electron chi connectivity index (χ0n) is 18.3. The quantitative estimate of drug-likeness (QED) is 0.422. The van der Waals surface area contributed by atoms with Gasteiger partial charge in [0.05, 0.1) is 5.92 Å². The first-order chi connectivity index (χ1) is 16.1. The van der Waals surface area contributed by atoms with Crippen LogP contribution in [0.25, 0.3) is 10.8 Å². The van der Waals surface area contributed by atoms with E-state index >= 15 is 0 Å². The maximum absolute atomic E-state index is 12.8. The van der Waals surface area contributed by atoms with Crippen LogP contribution in [0.3, 0.4) is 0 Å². The number of rotatable bonds is 5.